The molecule has 1 aliphatic carbocycles. The Balaban J connectivity index is 1.48. The van der Waals surface area contributed by atoms with Gasteiger partial charge in [0.15, 0.2) is 0 Å². The first kappa shape index (κ1) is 28.6. The van der Waals surface area contributed by atoms with Crippen LogP contribution in [0.15, 0.2) is 78.9 Å². The molecule has 1 aliphatic rings. The third kappa shape index (κ3) is 6.22. The van der Waals surface area contributed by atoms with E-state index in [1.165, 1.54) is 35.9 Å². The molecule has 1 heterocycles. The van der Waals surface area contributed by atoms with E-state index >= 15 is 0 Å². The first-order valence-electron chi connectivity index (χ1n) is 12.6. The first-order chi connectivity index (χ1) is 19.7. The summed E-state index contributed by atoms with van der Waals surface area (Å²) >= 11 is 17.7. The van der Waals surface area contributed by atoms with Gasteiger partial charge in [0.25, 0.3) is 5.91 Å². The Kier molecular flexibility index (Phi) is 8.31. The molecule has 1 fully saturated rings. The number of rotatable bonds is 9. The number of aromatic carboxylic acids is 1. The lowest BCUT2D eigenvalue weighted by Crippen LogP contribution is -2.30. The van der Waals surface area contributed by atoms with E-state index < -0.39 is 17.7 Å². The number of carboxylic acids is 1. The van der Waals surface area contributed by atoms with E-state index in [0.717, 1.165) is 18.4 Å². The Morgan fingerprint density at radius 3 is 2.49 bits per heavy atom. The number of fused-ring (bicyclic) bond motifs is 1. The van der Waals surface area contributed by atoms with Crippen LogP contribution in [0.2, 0.25) is 10.0 Å². The van der Waals surface area contributed by atoms with Gasteiger partial charge in [-0.3, -0.25) is 4.79 Å². The number of amides is 1. The largest absolute Gasteiger partial charge is 0.478 e. The Hall–Kier alpha value is -3.91. The van der Waals surface area contributed by atoms with Crippen molar-refractivity contribution in [3.8, 4) is 0 Å². The highest BCUT2D eigenvalue weighted by atomic mass is 35.5. The molecule has 0 radical (unpaired) electrons. The second kappa shape index (κ2) is 11.9. The minimum Gasteiger partial charge on any atom is -0.478 e. The van der Waals surface area contributed by atoms with E-state index in [4.69, 9.17) is 34.8 Å². The highest BCUT2D eigenvalue weighted by Crippen LogP contribution is 2.41. The summed E-state index contributed by atoms with van der Waals surface area (Å²) in [5, 5.41) is 13.7. The number of carbonyl (C=O) groups is 2. The molecule has 1 amide bonds. The Labute approximate surface area is 250 Å². The van der Waals surface area contributed by atoms with Crippen LogP contribution in [0.3, 0.4) is 0 Å². The van der Waals surface area contributed by atoms with Gasteiger partial charge in [-0.25, -0.2) is 14.2 Å². The highest BCUT2D eigenvalue weighted by Gasteiger charge is 2.34. The summed E-state index contributed by atoms with van der Waals surface area (Å²) in [4.78, 5) is 33.2. The van der Waals surface area contributed by atoms with Gasteiger partial charge in [0.05, 0.1) is 27.7 Å². The van der Waals surface area contributed by atoms with Crippen LogP contribution in [0.1, 0.15) is 56.6 Å². The summed E-state index contributed by atoms with van der Waals surface area (Å²) in [5.74, 6) is -1.64. The Morgan fingerprint density at radius 2 is 1.83 bits per heavy atom. The van der Waals surface area contributed by atoms with Crippen molar-refractivity contribution < 1.29 is 19.1 Å². The number of halogens is 4. The van der Waals surface area contributed by atoms with Crippen LogP contribution >= 0.6 is 34.8 Å². The Bertz CT molecular complexity index is 1700. The van der Waals surface area contributed by atoms with Gasteiger partial charge in [0.2, 0.25) is 0 Å². The van der Waals surface area contributed by atoms with Crippen molar-refractivity contribution in [2.24, 2.45) is 5.92 Å². The van der Waals surface area contributed by atoms with Crippen molar-refractivity contribution in [1.29, 1.82) is 0 Å². The van der Waals surface area contributed by atoms with Gasteiger partial charge in [-0.2, -0.15) is 0 Å². The van der Waals surface area contributed by atoms with Crippen LogP contribution < -0.4 is 5.32 Å². The van der Waals surface area contributed by atoms with Gasteiger partial charge in [-0.1, -0.05) is 65.7 Å². The number of hydrogen-bond donors (Lipinski definition) is 3. The number of allylic oxidation sites excluding steroid dienone is 4. The van der Waals surface area contributed by atoms with Crippen LogP contribution in [0.4, 0.5) is 4.39 Å². The molecule has 0 spiro atoms. The lowest BCUT2D eigenvalue weighted by Gasteiger charge is -2.20. The maximum absolute atomic E-state index is 14.0. The number of imidazole rings is 1. The maximum atomic E-state index is 14.0. The molecule has 5 rings (SSSR count). The number of nitrogens with one attached hydrogen (secondary N) is 2. The summed E-state index contributed by atoms with van der Waals surface area (Å²) in [6.07, 6.45) is 5.10. The molecular formula is C31H23Cl3FN3O3. The van der Waals surface area contributed by atoms with E-state index in [0.29, 0.717) is 38.9 Å². The molecular weight excluding hydrogens is 588 g/mol. The zero-order valence-electron chi connectivity index (χ0n) is 21.4. The zero-order valence-corrected chi connectivity index (χ0v) is 23.7. The van der Waals surface area contributed by atoms with E-state index in [9.17, 15) is 19.1 Å². The highest BCUT2D eigenvalue weighted by molar-refractivity contribution is 6.31. The Morgan fingerprint density at radius 1 is 1.10 bits per heavy atom. The number of nitrogens with zero attached hydrogens (tertiary/aromatic N) is 1. The average molecular weight is 611 g/mol. The minimum absolute atomic E-state index is 0.0809. The summed E-state index contributed by atoms with van der Waals surface area (Å²) in [5.41, 5.74) is 4.06. The van der Waals surface area contributed by atoms with Gasteiger partial charge in [0.1, 0.15) is 11.6 Å². The molecule has 4 aromatic rings. The molecule has 0 aliphatic heterocycles. The van der Waals surface area contributed by atoms with Gasteiger partial charge in [-0.05, 0) is 71.9 Å². The summed E-state index contributed by atoms with van der Waals surface area (Å²) in [6, 6.07) is 14.1. The molecule has 3 N–H and O–H groups in total. The topological polar surface area (TPSA) is 95.1 Å². The molecule has 1 atom stereocenters. The molecule has 6 nitrogen and oxygen atoms in total. The van der Waals surface area contributed by atoms with E-state index in [1.807, 2.05) is 12.1 Å². The first-order valence-corrected chi connectivity index (χ1v) is 13.8. The fourth-order valence-electron chi connectivity index (χ4n) is 4.66. The predicted molar refractivity (Wildman–Crippen MR) is 161 cm³/mol. The second-order valence-electron chi connectivity index (χ2n) is 9.65. The van der Waals surface area contributed by atoms with Crippen molar-refractivity contribution >= 4 is 68.9 Å². The van der Waals surface area contributed by atoms with Crippen LogP contribution in [-0.4, -0.2) is 27.0 Å². The molecule has 0 bridgehead atoms. The molecule has 1 saturated carbocycles. The molecule has 0 saturated heterocycles. The van der Waals surface area contributed by atoms with Crippen LogP contribution in [0, 0.1) is 11.7 Å². The minimum atomic E-state index is -1.24. The number of benzene rings is 3. The number of carboxylic acid groups (broad SMARTS) is 1. The number of H-pyrrole nitrogens is 1. The third-order valence-corrected chi connectivity index (χ3v) is 7.57. The van der Waals surface area contributed by atoms with Crippen molar-refractivity contribution in [1.82, 2.24) is 15.3 Å². The zero-order chi connectivity index (χ0) is 29.3. The van der Waals surface area contributed by atoms with Crippen LogP contribution in [0.5, 0.6) is 0 Å². The second-order valence-corrected chi connectivity index (χ2v) is 10.7. The average Bonchev–Trinajstić information content (AvgIpc) is 3.72. The molecule has 41 heavy (non-hydrogen) atoms. The number of aromatic nitrogens is 2. The van der Waals surface area contributed by atoms with Crippen LogP contribution in [-0.2, 0) is 0 Å². The van der Waals surface area contributed by atoms with Gasteiger partial charge >= 0.3 is 5.97 Å². The van der Waals surface area contributed by atoms with Gasteiger partial charge in [0, 0.05) is 27.8 Å². The maximum Gasteiger partial charge on any atom is 0.336 e. The summed E-state index contributed by atoms with van der Waals surface area (Å²) < 4.78 is 14.0. The molecule has 10 heteroatoms. The number of hydrogen-bond acceptors (Lipinski definition) is 3. The summed E-state index contributed by atoms with van der Waals surface area (Å²) in [7, 11) is 0. The quantitative estimate of drug-likeness (QED) is 0.166. The van der Waals surface area contributed by atoms with Crippen molar-refractivity contribution in [2.45, 2.75) is 18.9 Å². The molecule has 1 unspecified atom stereocenters. The number of aromatic amines is 1. The summed E-state index contributed by atoms with van der Waals surface area (Å²) in [6.45, 7) is 4.12. The van der Waals surface area contributed by atoms with E-state index in [1.54, 1.807) is 24.3 Å². The van der Waals surface area contributed by atoms with Gasteiger partial charge < -0.3 is 15.4 Å². The molecule has 208 valence electrons. The predicted octanol–water partition coefficient (Wildman–Crippen LogP) is 8.44. The van der Waals surface area contributed by atoms with E-state index in [-0.39, 0.29) is 27.8 Å². The lowest BCUT2D eigenvalue weighted by atomic mass is 9.92. The smallest absolute Gasteiger partial charge is 0.336 e. The van der Waals surface area contributed by atoms with Gasteiger partial charge in [-0.15, -0.1) is 0 Å². The SMILES string of the molecule is C=C(/C(=C\C=C/Cl)c1nc2cc(Cl)c(F)cc2[nH]1)c1ccc(C(=O)NC(c2ccc(Cl)cc2)C2CC2)cc1C(=O)O. The third-order valence-electron chi connectivity index (χ3n) is 6.89. The van der Waals surface area contributed by atoms with E-state index in [2.05, 4.69) is 21.9 Å². The standard InChI is InChI=1S/C31H23Cl3FN3O3/c1-16(22(3-2-12-32)29-36-26-14-24(34)25(35)15-27(26)37-29)21-11-8-19(13-23(21)31(40)41)30(39)38-28(17-4-5-17)18-6-9-20(33)10-7-18/h2-3,6-15,17,28H,1,4-5H2,(H,36,37)(H,38,39)(H,40,41)/b12-2-,22-3+. The van der Waals surface area contributed by atoms with Crippen molar-refractivity contribution in [3.63, 3.8) is 0 Å². The fourth-order valence-corrected chi connectivity index (χ4v) is 5.01. The lowest BCUT2D eigenvalue weighted by molar-refractivity contribution is 0.0696. The van der Waals surface area contributed by atoms with Crippen LogP contribution in [0.25, 0.3) is 22.2 Å². The molecule has 1 aromatic heterocycles. The number of carbonyl (C=O) groups excluding carboxylic acids is 1. The van der Waals surface area contributed by atoms with Crippen molar-refractivity contribution in [2.75, 3.05) is 0 Å². The van der Waals surface area contributed by atoms with Crippen molar-refractivity contribution in [3.05, 3.63) is 123 Å². The normalized spacial score (nSPS) is 14.4. The monoisotopic (exact) mass is 609 g/mol. The molecule has 3 aromatic carbocycles. The fraction of sp³-hybridized carbons (Fsp3) is 0.129.